The molecule has 1 aromatic rings. The van der Waals surface area contributed by atoms with Crippen LogP contribution in [-0.4, -0.2) is 76.7 Å². The lowest BCUT2D eigenvalue weighted by atomic mass is 9.92. The highest BCUT2D eigenvalue weighted by Crippen LogP contribution is 2.44. The Kier molecular flexibility index (Phi) is 6.79. The molecule has 0 aromatic heterocycles. The number of rotatable bonds is 5. The zero-order valence-corrected chi connectivity index (χ0v) is 21.6. The molecule has 3 fully saturated rings. The fourth-order valence-electron chi connectivity index (χ4n) is 6.45. The Bertz CT molecular complexity index is 1040. The fourth-order valence-corrected chi connectivity index (χ4v) is 6.45. The van der Waals surface area contributed by atoms with E-state index in [-0.39, 0.29) is 29.5 Å². The van der Waals surface area contributed by atoms with Crippen LogP contribution in [0.2, 0.25) is 0 Å². The van der Waals surface area contributed by atoms with E-state index in [4.69, 9.17) is 0 Å². The van der Waals surface area contributed by atoms with Crippen LogP contribution in [-0.2, 0) is 14.4 Å². The SMILES string of the molecule is CC1CCN(C(=O)C2CCN(C(=O)CCCN3C(=O)c4ccccc4N4C(=O)CCC34C)CC2)CC1. The minimum atomic E-state index is -0.684. The van der Waals surface area contributed by atoms with Crippen LogP contribution in [0.3, 0.4) is 0 Å². The van der Waals surface area contributed by atoms with Crippen molar-refractivity contribution in [2.24, 2.45) is 11.8 Å². The minimum Gasteiger partial charge on any atom is -0.343 e. The van der Waals surface area contributed by atoms with Gasteiger partial charge in [0.1, 0.15) is 5.66 Å². The van der Waals surface area contributed by atoms with Gasteiger partial charge in [0, 0.05) is 51.5 Å². The summed E-state index contributed by atoms with van der Waals surface area (Å²) in [4.78, 5) is 59.4. The van der Waals surface area contributed by atoms with E-state index in [2.05, 4.69) is 6.92 Å². The van der Waals surface area contributed by atoms with Crippen molar-refractivity contribution in [1.29, 1.82) is 0 Å². The number of hydrogen-bond donors (Lipinski definition) is 0. The van der Waals surface area contributed by atoms with Gasteiger partial charge in [0.25, 0.3) is 5.91 Å². The summed E-state index contributed by atoms with van der Waals surface area (Å²) in [5.74, 6) is 1.04. The van der Waals surface area contributed by atoms with Gasteiger partial charge < -0.3 is 14.7 Å². The highest BCUT2D eigenvalue weighted by atomic mass is 16.2. The molecule has 5 rings (SSSR count). The standard InChI is InChI=1S/C28H38N4O4/c1-20-10-16-30(17-11-20)26(35)21-12-18-29(19-13-21)24(33)8-5-15-31-27(36)22-6-3-4-7-23(22)32-25(34)9-14-28(31,32)2/h3-4,6-7,20-21H,5,8-19H2,1-2H3. The second-order valence-corrected chi connectivity index (χ2v) is 11.2. The summed E-state index contributed by atoms with van der Waals surface area (Å²) in [6.45, 7) is 7.60. The van der Waals surface area contributed by atoms with Crippen molar-refractivity contribution in [2.45, 2.75) is 70.9 Å². The van der Waals surface area contributed by atoms with Crippen LogP contribution in [0.25, 0.3) is 0 Å². The maximum absolute atomic E-state index is 13.4. The number of para-hydroxylation sites is 1. The van der Waals surface area contributed by atoms with E-state index in [9.17, 15) is 19.2 Å². The molecule has 1 aromatic carbocycles. The molecule has 4 aliphatic rings. The van der Waals surface area contributed by atoms with E-state index >= 15 is 0 Å². The first-order chi connectivity index (χ1) is 17.3. The molecule has 8 nitrogen and oxygen atoms in total. The predicted octanol–water partition coefficient (Wildman–Crippen LogP) is 3.26. The molecule has 3 saturated heterocycles. The number of hydrogen-bond acceptors (Lipinski definition) is 4. The highest BCUT2D eigenvalue weighted by Gasteiger charge is 2.52. The molecule has 8 heteroatoms. The Morgan fingerprint density at radius 3 is 2.36 bits per heavy atom. The molecule has 0 saturated carbocycles. The lowest BCUT2D eigenvalue weighted by Crippen LogP contribution is -2.62. The zero-order chi connectivity index (χ0) is 25.4. The van der Waals surface area contributed by atoms with Gasteiger partial charge in [0.15, 0.2) is 0 Å². The first-order valence-corrected chi connectivity index (χ1v) is 13.6. The third-order valence-electron chi connectivity index (χ3n) is 8.81. The van der Waals surface area contributed by atoms with Crippen molar-refractivity contribution in [2.75, 3.05) is 37.6 Å². The molecule has 0 radical (unpaired) electrons. The molecule has 36 heavy (non-hydrogen) atoms. The summed E-state index contributed by atoms with van der Waals surface area (Å²) >= 11 is 0. The molecular weight excluding hydrogens is 456 g/mol. The van der Waals surface area contributed by atoms with Crippen molar-refractivity contribution in [1.82, 2.24) is 14.7 Å². The van der Waals surface area contributed by atoms with Gasteiger partial charge in [-0.2, -0.15) is 0 Å². The molecule has 0 bridgehead atoms. The number of likely N-dealkylation sites (tertiary alicyclic amines) is 2. The van der Waals surface area contributed by atoms with E-state index < -0.39 is 5.66 Å². The van der Waals surface area contributed by atoms with Crippen LogP contribution < -0.4 is 4.90 Å². The lowest BCUT2D eigenvalue weighted by Gasteiger charge is -2.48. The van der Waals surface area contributed by atoms with Crippen molar-refractivity contribution in [3.05, 3.63) is 29.8 Å². The van der Waals surface area contributed by atoms with Crippen LogP contribution >= 0.6 is 0 Å². The number of amides is 4. The first kappa shape index (κ1) is 24.8. The van der Waals surface area contributed by atoms with E-state index in [1.165, 1.54) is 0 Å². The Balaban J connectivity index is 1.14. The zero-order valence-electron chi connectivity index (χ0n) is 21.6. The second kappa shape index (κ2) is 9.87. The van der Waals surface area contributed by atoms with Crippen LogP contribution in [0.4, 0.5) is 5.69 Å². The van der Waals surface area contributed by atoms with Crippen molar-refractivity contribution in [3.63, 3.8) is 0 Å². The smallest absolute Gasteiger partial charge is 0.257 e. The minimum absolute atomic E-state index is 0.0272. The highest BCUT2D eigenvalue weighted by molar-refractivity contribution is 6.10. The first-order valence-electron chi connectivity index (χ1n) is 13.6. The summed E-state index contributed by atoms with van der Waals surface area (Å²) in [6.07, 6.45) is 5.54. The number of nitrogens with zero attached hydrogens (tertiary/aromatic N) is 4. The Labute approximate surface area is 213 Å². The normalized spacial score (nSPS) is 25.3. The molecule has 4 aliphatic heterocycles. The van der Waals surface area contributed by atoms with E-state index in [1.54, 1.807) is 15.9 Å². The Morgan fingerprint density at radius 1 is 0.972 bits per heavy atom. The van der Waals surface area contributed by atoms with Crippen LogP contribution in [0.5, 0.6) is 0 Å². The van der Waals surface area contributed by atoms with Gasteiger partial charge in [0.2, 0.25) is 17.7 Å². The van der Waals surface area contributed by atoms with Crippen molar-refractivity contribution >= 4 is 29.3 Å². The molecule has 194 valence electrons. The van der Waals surface area contributed by atoms with Gasteiger partial charge in [-0.1, -0.05) is 19.1 Å². The van der Waals surface area contributed by atoms with Gasteiger partial charge in [-0.05, 0) is 63.5 Å². The van der Waals surface area contributed by atoms with E-state index in [0.29, 0.717) is 62.5 Å². The van der Waals surface area contributed by atoms with Crippen LogP contribution in [0.1, 0.15) is 75.6 Å². The molecule has 4 amide bonds. The molecule has 4 heterocycles. The number of piperidine rings is 2. The van der Waals surface area contributed by atoms with Gasteiger partial charge >= 0.3 is 0 Å². The number of carbonyl (C=O) groups excluding carboxylic acids is 4. The summed E-state index contributed by atoms with van der Waals surface area (Å²) in [5, 5.41) is 0. The fraction of sp³-hybridized carbons (Fsp3) is 0.643. The second-order valence-electron chi connectivity index (χ2n) is 11.2. The van der Waals surface area contributed by atoms with Gasteiger partial charge in [-0.15, -0.1) is 0 Å². The maximum atomic E-state index is 13.4. The third kappa shape index (κ3) is 4.39. The summed E-state index contributed by atoms with van der Waals surface area (Å²) in [5.41, 5.74) is 0.555. The summed E-state index contributed by atoms with van der Waals surface area (Å²) in [7, 11) is 0. The monoisotopic (exact) mass is 494 g/mol. The van der Waals surface area contributed by atoms with E-state index in [0.717, 1.165) is 38.8 Å². The molecule has 1 atom stereocenters. The Hall–Kier alpha value is -2.90. The van der Waals surface area contributed by atoms with Crippen molar-refractivity contribution in [3.8, 4) is 0 Å². The maximum Gasteiger partial charge on any atom is 0.257 e. The quantitative estimate of drug-likeness (QED) is 0.629. The topological polar surface area (TPSA) is 81.2 Å². The van der Waals surface area contributed by atoms with Crippen LogP contribution in [0, 0.1) is 11.8 Å². The summed E-state index contributed by atoms with van der Waals surface area (Å²) in [6, 6.07) is 7.30. The molecule has 1 unspecified atom stereocenters. The Morgan fingerprint density at radius 2 is 1.64 bits per heavy atom. The molecule has 0 N–H and O–H groups in total. The molecule has 0 aliphatic carbocycles. The van der Waals surface area contributed by atoms with Gasteiger partial charge in [-0.25, -0.2) is 0 Å². The van der Waals surface area contributed by atoms with Gasteiger partial charge in [-0.3, -0.25) is 24.1 Å². The largest absolute Gasteiger partial charge is 0.343 e. The average molecular weight is 495 g/mol. The molecular formula is C28H38N4O4. The molecule has 0 spiro atoms. The van der Waals surface area contributed by atoms with Gasteiger partial charge in [0.05, 0.1) is 11.3 Å². The number of carbonyl (C=O) groups is 4. The van der Waals surface area contributed by atoms with Crippen molar-refractivity contribution < 1.29 is 19.2 Å². The number of fused-ring (bicyclic) bond motifs is 3. The predicted molar refractivity (Wildman–Crippen MR) is 136 cm³/mol. The average Bonchev–Trinajstić information content (AvgIpc) is 3.21. The van der Waals surface area contributed by atoms with E-state index in [1.807, 2.05) is 34.9 Å². The number of benzene rings is 1. The van der Waals surface area contributed by atoms with Crippen LogP contribution in [0.15, 0.2) is 24.3 Å². The number of anilines is 1. The lowest BCUT2D eigenvalue weighted by molar-refractivity contribution is -0.141. The summed E-state index contributed by atoms with van der Waals surface area (Å²) < 4.78 is 0. The third-order valence-corrected chi connectivity index (χ3v) is 8.81.